The van der Waals surface area contributed by atoms with Gasteiger partial charge in [0, 0.05) is 0 Å². The number of ether oxygens (including phenoxy) is 1. The van der Waals surface area contributed by atoms with Gasteiger partial charge in [0.05, 0.1) is 11.4 Å². The molecule has 2 aromatic rings. The number of anilines is 1. The fraction of sp³-hybridized carbons (Fsp3) is 0.267. The summed E-state index contributed by atoms with van der Waals surface area (Å²) in [5, 5.41) is 5.60. The predicted octanol–water partition coefficient (Wildman–Crippen LogP) is 2.89. The number of nitrogens with zero attached hydrogens (tertiary/aromatic N) is 1. The highest BCUT2D eigenvalue weighted by molar-refractivity contribution is 5.98. The molecular formula is C15H13F3N2O4. The van der Waals surface area contributed by atoms with Gasteiger partial charge in [-0.1, -0.05) is 5.16 Å². The number of carbonyl (C=O) groups is 2. The van der Waals surface area contributed by atoms with E-state index < -0.39 is 41.1 Å². The fourth-order valence-corrected chi connectivity index (χ4v) is 1.90. The average molecular weight is 342 g/mol. The highest BCUT2D eigenvalue weighted by Crippen LogP contribution is 2.20. The largest absolute Gasteiger partial charge is 0.449 e. The Morgan fingerprint density at radius 1 is 1.21 bits per heavy atom. The van der Waals surface area contributed by atoms with E-state index in [4.69, 9.17) is 9.26 Å². The Hall–Kier alpha value is -2.84. The Morgan fingerprint density at radius 3 is 2.46 bits per heavy atom. The van der Waals surface area contributed by atoms with Crippen LogP contribution in [0.5, 0.6) is 0 Å². The number of aromatic nitrogens is 1. The molecular weight excluding hydrogens is 329 g/mol. The number of hydrogen-bond acceptors (Lipinski definition) is 5. The molecule has 1 atom stereocenters. The molecule has 0 bridgehead atoms. The summed E-state index contributed by atoms with van der Waals surface area (Å²) in [6.45, 7) is 4.26. The molecule has 1 aromatic carbocycles. The monoisotopic (exact) mass is 342 g/mol. The van der Waals surface area contributed by atoms with Gasteiger partial charge in [-0.3, -0.25) is 4.79 Å². The van der Waals surface area contributed by atoms with E-state index in [2.05, 4.69) is 5.16 Å². The topological polar surface area (TPSA) is 81.4 Å². The Kier molecular flexibility index (Phi) is 4.91. The lowest BCUT2D eigenvalue weighted by Crippen LogP contribution is -2.30. The third-order valence-electron chi connectivity index (χ3n) is 3.18. The molecule has 0 aliphatic heterocycles. The Balaban J connectivity index is 2.08. The van der Waals surface area contributed by atoms with Crippen LogP contribution in [0, 0.1) is 31.3 Å². The molecule has 0 spiro atoms. The van der Waals surface area contributed by atoms with E-state index in [1.807, 2.05) is 5.32 Å². The summed E-state index contributed by atoms with van der Waals surface area (Å²) in [6, 6.07) is 1.52. The van der Waals surface area contributed by atoms with Crippen molar-refractivity contribution < 1.29 is 32.0 Å². The van der Waals surface area contributed by atoms with Crippen molar-refractivity contribution in [2.75, 3.05) is 5.32 Å². The molecule has 1 heterocycles. The SMILES string of the molecule is Cc1noc(C)c1C(=O)O[C@@H](C)C(=O)Nc1ccc(F)c(F)c1F. The summed E-state index contributed by atoms with van der Waals surface area (Å²) in [6.07, 6.45) is -1.32. The quantitative estimate of drug-likeness (QED) is 0.682. The zero-order valence-electron chi connectivity index (χ0n) is 12.9. The molecule has 1 aromatic heterocycles. The van der Waals surface area contributed by atoms with Crippen molar-refractivity contribution >= 4 is 17.6 Å². The van der Waals surface area contributed by atoms with Crippen molar-refractivity contribution in [1.29, 1.82) is 0 Å². The minimum Gasteiger partial charge on any atom is -0.449 e. The van der Waals surface area contributed by atoms with E-state index in [1.54, 1.807) is 0 Å². The van der Waals surface area contributed by atoms with Crippen LogP contribution in [-0.4, -0.2) is 23.1 Å². The first-order valence-corrected chi connectivity index (χ1v) is 6.80. The molecule has 2 rings (SSSR count). The van der Waals surface area contributed by atoms with E-state index in [-0.39, 0.29) is 17.0 Å². The number of halogens is 3. The van der Waals surface area contributed by atoms with Gasteiger partial charge in [0.1, 0.15) is 11.3 Å². The van der Waals surface area contributed by atoms with Crippen LogP contribution < -0.4 is 5.32 Å². The van der Waals surface area contributed by atoms with Crippen LogP contribution in [0.2, 0.25) is 0 Å². The second-order valence-electron chi connectivity index (χ2n) is 4.96. The van der Waals surface area contributed by atoms with E-state index in [9.17, 15) is 22.8 Å². The van der Waals surface area contributed by atoms with Gasteiger partial charge in [-0.2, -0.15) is 0 Å². The number of amides is 1. The molecule has 0 fully saturated rings. The summed E-state index contributed by atoms with van der Waals surface area (Å²) >= 11 is 0. The van der Waals surface area contributed by atoms with Crippen molar-refractivity contribution in [3.63, 3.8) is 0 Å². The van der Waals surface area contributed by atoms with Gasteiger partial charge < -0.3 is 14.6 Å². The fourth-order valence-electron chi connectivity index (χ4n) is 1.90. The number of benzene rings is 1. The molecule has 0 saturated carbocycles. The molecule has 0 aliphatic rings. The summed E-state index contributed by atoms with van der Waals surface area (Å²) in [4.78, 5) is 23.9. The Morgan fingerprint density at radius 2 is 1.88 bits per heavy atom. The van der Waals surface area contributed by atoms with Crippen molar-refractivity contribution in [3.05, 3.63) is 46.6 Å². The molecule has 0 aliphatic carbocycles. The number of nitrogens with one attached hydrogen (secondary N) is 1. The van der Waals surface area contributed by atoms with E-state index in [1.165, 1.54) is 20.8 Å². The van der Waals surface area contributed by atoms with Crippen LogP contribution in [0.3, 0.4) is 0 Å². The molecule has 9 heteroatoms. The van der Waals surface area contributed by atoms with E-state index >= 15 is 0 Å². The van der Waals surface area contributed by atoms with Gasteiger partial charge in [0.2, 0.25) is 0 Å². The van der Waals surface area contributed by atoms with Crippen LogP contribution in [0.25, 0.3) is 0 Å². The van der Waals surface area contributed by atoms with Crippen LogP contribution in [0.4, 0.5) is 18.9 Å². The summed E-state index contributed by atoms with van der Waals surface area (Å²) < 4.78 is 49.3. The van der Waals surface area contributed by atoms with Gasteiger partial charge in [0.25, 0.3) is 5.91 Å². The van der Waals surface area contributed by atoms with E-state index in [0.29, 0.717) is 6.07 Å². The van der Waals surface area contributed by atoms with Crippen molar-refractivity contribution in [3.8, 4) is 0 Å². The summed E-state index contributed by atoms with van der Waals surface area (Å²) in [5.74, 6) is -6.19. The second kappa shape index (κ2) is 6.73. The molecule has 6 nitrogen and oxygen atoms in total. The van der Waals surface area contributed by atoms with Crippen LogP contribution in [-0.2, 0) is 9.53 Å². The average Bonchev–Trinajstić information content (AvgIpc) is 2.86. The summed E-state index contributed by atoms with van der Waals surface area (Å²) in [7, 11) is 0. The molecule has 1 amide bonds. The number of hydrogen-bond donors (Lipinski definition) is 1. The highest BCUT2D eigenvalue weighted by Gasteiger charge is 2.25. The van der Waals surface area contributed by atoms with Gasteiger partial charge in [-0.15, -0.1) is 0 Å². The number of esters is 1. The molecule has 1 N–H and O–H groups in total. The minimum absolute atomic E-state index is 0.0775. The van der Waals surface area contributed by atoms with Crippen LogP contribution in [0.15, 0.2) is 16.7 Å². The molecule has 128 valence electrons. The van der Waals surface area contributed by atoms with E-state index in [0.717, 1.165) is 6.07 Å². The van der Waals surface area contributed by atoms with Gasteiger partial charge in [-0.05, 0) is 32.9 Å². The standard InChI is InChI=1S/C15H13F3N2O4/c1-6-11(7(2)24-20-6)15(22)23-8(3)14(21)19-10-5-4-9(16)12(17)13(10)18/h4-5,8H,1-3H3,(H,19,21)/t8-/m0/s1. The highest BCUT2D eigenvalue weighted by atomic mass is 19.2. The van der Waals surface area contributed by atoms with Gasteiger partial charge >= 0.3 is 5.97 Å². The van der Waals surface area contributed by atoms with Gasteiger partial charge in [0.15, 0.2) is 23.6 Å². The predicted molar refractivity (Wildman–Crippen MR) is 75.8 cm³/mol. The lowest BCUT2D eigenvalue weighted by Gasteiger charge is -2.14. The Bertz CT molecular complexity index is 785. The van der Waals surface area contributed by atoms with Gasteiger partial charge in [-0.25, -0.2) is 18.0 Å². The van der Waals surface area contributed by atoms with Crippen molar-refractivity contribution in [2.24, 2.45) is 0 Å². The molecule has 24 heavy (non-hydrogen) atoms. The summed E-state index contributed by atoms with van der Waals surface area (Å²) in [5.41, 5.74) is -0.204. The Labute approximate surface area is 134 Å². The third kappa shape index (κ3) is 3.39. The van der Waals surface area contributed by atoms with Crippen LogP contribution >= 0.6 is 0 Å². The molecule has 0 saturated heterocycles. The van der Waals surface area contributed by atoms with Crippen LogP contribution in [0.1, 0.15) is 28.7 Å². The second-order valence-corrected chi connectivity index (χ2v) is 4.96. The number of carbonyl (C=O) groups excluding carboxylic acids is 2. The smallest absolute Gasteiger partial charge is 0.344 e. The lowest BCUT2D eigenvalue weighted by atomic mass is 10.2. The van der Waals surface area contributed by atoms with Crippen molar-refractivity contribution in [1.82, 2.24) is 5.16 Å². The normalized spacial score (nSPS) is 11.9. The first-order chi connectivity index (χ1) is 11.2. The maximum atomic E-state index is 13.5. The molecule has 0 radical (unpaired) electrons. The first kappa shape index (κ1) is 17.5. The van der Waals surface area contributed by atoms with Crippen molar-refractivity contribution in [2.45, 2.75) is 26.9 Å². The first-order valence-electron chi connectivity index (χ1n) is 6.80. The maximum absolute atomic E-state index is 13.5. The zero-order chi connectivity index (χ0) is 18.0. The maximum Gasteiger partial charge on any atom is 0.344 e. The molecule has 0 unspecified atom stereocenters. The lowest BCUT2D eigenvalue weighted by molar-refractivity contribution is -0.123. The minimum atomic E-state index is -1.71. The number of aryl methyl sites for hydroxylation is 2. The zero-order valence-corrected chi connectivity index (χ0v) is 12.9. The number of rotatable bonds is 4. The third-order valence-corrected chi connectivity index (χ3v) is 3.18.